The molecule has 1 heterocycles. The van der Waals surface area contributed by atoms with Gasteiger partial charge in [-0.25, -0.2) is 0 Å². The molecule has 154 valence electrons. The Hall–Kier alpha value is -3.57. The Labute approximate surface area is 187 Å². The van der Waals surface area contributed by atoms with Gasteiger partial charge in [0.1, 0.15) is 0 Å². The predicted molar refractivity (Wildman–Crippen MR) is 126 cm³/mol. The number of carbonyl (C=O) groups excluding carboxylic acids is 2. The van der Waals surface area contributed by atoms with Crippen molar-refractivity contribution in [3.8, 4) is 0 Å². The van der Waals surface area contributed by atoms with Gasteiger partial charge in [-0.15, -0.1) is 0 Å². The normalized spacial score (nSPS) is 16.1. The first-order chi connectivity index (χ1) is 15.0. The Morgan fingerprint density at radius 3 is 2.03 bits per heavy atom. The second kappa shape index (κ2) is 8.66. The summed E-state index contributed by atoms with van der Waals surface area (Å²) in [6.45, 7) is 3.47. The first-order valence-electron chi connectivity index (χ1n) is 10.0. The maximum Gasteiger partial charge on any atom is 0.226 e. The fourth-order valence-corrected chi connectivity index (χ4v) is 4.16. The van der Waals surface area contributed by atoms with Crippen LogP contribution in [-0.4, -0.2) is 21.7 Å². The van der Waals surface area contributed by atoms with E-state index in [0.717, 1.165) is 16.7 Å². The lowest BCUT2D eigenvalue weighted by Gasteiger charge is -2.39. The first-order valence-corrected chi connectivity index (χ1v) is 10.4. The van der Waals surface area contributed by atoms with Crippen molar-refractivity contribution in [1.29, 1.82) is 0 Å². The summed E-state index contributed by atoms with van der Waals surface area (Å²) >= 11 is 5.59. The van der Waals surface area contributed by atoms with E-state index in [1.54, 1.807) is 12.1 Å². The van der Waals surface area contributed by atoms with Gasteiger partial charge in [0, 0.05) is 12.5 Å². The molecule has 0 fully saturated rings. The van der Waals surface area contributed by atoms with Gasteiger partial charge in [0.25, 0.3) is 0 Å². The van der Waals surface area contributed by atoms with E-state index in [0.29, 0.717) is 16.8 Å². The van der Waals surface area contributed by atoms with E-state index >= 15 is 0 Å². The molecular weight excluding hydrogens is 404 g/mol. The molecule has 1 aliphatic heterocycles. The summed E-state index contributed by atoms with van der Waals surface area (Å²) in [4.78, 5) is 28.0. The fraction of sp³-hybridized carbons (Fsp3) is 0.115. The predicted octanol–water partition coefficient (Wildman–Crippen LogP) is 5.07. The summed E-state index contributed by atoms with van der Waals surface area (Å²) < 4.78 is 0. The van der Waals surface area contributed by atoms with Crippen molar-refractivity contribution in [1.82, 2.24) is 10.2 Å². The van der Waals surface area contributed by atoms with Crippen molar-refractivity contribution >= 4 is 34.7 Å². The molecule has 0 saturated carbocycles. The van der Waals surface area contributed by atoms with Crippen molar-refractivity contribution in [2.45, 2.75) is 19.9 Å². The van der Waals surface area contributed by atoms with Crippen molar-refractivity contribution < 1.29 is 9.59 Å². The van der Waals surface area contributed by atoms with Crippen LogP contribution in [0.1, 0.15) is 40.0 Å². The zero-order chi connectivity index (χ0) is 22.0. The SMILES string of the molecule is CC(=O)N1C(=S)NC(c2ccccc2)=C(C(=O)c2ccccc2)C1c1ccc(C)cc1. The van der Waals surface area contributed by atoms with Crippen LogP contribution in [0.15, 0.2) is 90.5 Å². The smallest absolute Gasteiger partial charge is 0.226 e. The van der Waals surface area contributed by atoms with Gasteiger partial charge in [-0.1, -0.05) is 90.5 Å². The second-order valence-corrected chi connectivity index (χ2v) is 7.87. The Kier molecular flexibility index (Phi) is 5.78. The molecule has 0 saturated heterocycles. The van der Waals surface area contributed by atoms with Crippen LogP contribution < -0.4 is 5.32 Å². The molecule has 0 radical (unpaired) electrons. The Morgan fingerprint density at radius 1 is 0.871 bits per heavy atom. The number of Topliss-reactive ketones (excluding diaryl/α,β-unsaturated/α-hetero) is 1. The number of nitrogens with one attached hydrogen (secondary N) is 1. The Bertz CT molecular complexity index is 1170. The molecule has 1 amide bonds. The Balaban J connectivity index is 2.01. The van der Waals surface area contributed by atoms with Crippen molar-refractivity contribution in [3.63, 3.8) is 0 Å². The van der Waals surface area contributed by atoms with E-state index < -0.39 is 6.04 Å². The number of benzene rings is 3. The molecule has 1 atom stereocenters. The van der Waals surface area contributed by atoms with E-state index in [9.17, 15) is 9.59 Å². The molecule has 3 aromatic carbocycles. The molecule has 5 heteroatoms. The van der Waals surface area contributed by atoms with Crippen molar-refractivity contribution in [3.05, 3.63) is 113 Å². The van der Waals surface area contributed by atoms with Gasteiger partial charge in [-0.2, -0.15) is 0 Å². The van der Waals surface area contributed by atoms with E-state index in [4.69, 9.17) is 12.2 Å². The summed E-state index contributed by atoms with van der Waals surface area (Å²) in [5.74, 6) is -0.375. The highest BCUT2D eigenvalue weighted by Crippen LogP contribution is 2.38. The van der Waals surface area contributed by atoms with Crippen molar-refractivity contribution in [2.75, 3.05) is 0 Å². The number of thiocarbonyl (C=S) groups is 1. The summed E-state index contributed by atoms with van der Waals surface area (Å²) in [6, 6.07) is 25.9. The number of ketones is 1. The lowest BCUT2D eigenvalue weighted by atomic mass is 9.86. The monoisotopic (exact) mass is 426 g/mol. The molecule has 0 aliphatic carbocycles. The van der Waals surface area contributed by atoms with Gasteiger partial charge >= 0.3 is 0 Å². The fourth-order valence-electron chi connectivity index (χ4n) is 3.82. The zero-order valence-corrected chi connectivity index (χ0v) is 18.1. The summed E-state index contributed by atoms with van der Waals surface area (Å²) in [5.41, 5.74) is 4.44. The number of amides is 1. The van der Waals surface area contributed by atoms with Gasteiger partial charge < -0.3 is 5.32 Å². The van der Waals surface area contributed by atoms with Crippen LogP contribution in [0.3, 0.4) is 0 Å². The molecule has 1 N–H and O–H groups in total. The molecular formula is C26H22N2O2S. The molecule has 4 nitrogen and oxygen atoms in total. The molecule has 1 aliphatic rings. The summed E-state index contributed by atoms with van der Waals surface area (Å²) in [5, 5.41) is 3.45. The first kappa shape index (κ1) is 20.7. The molecule has 0 bridgehead atoms. The number of carbonyl (C=O) groups is 2. The molecule has 4 rings (SSSR count). The zero-order valence-electron chi connectivity index (χ0n) is 17.3. The molecule has 3 aromatic rings. The van der Waals surface area contributed by atoms with Gasteiger partial charge in [0.05, 0.1) is 17.3 Å². The van der Waals surface area contributed by atoms with Crippen LogP contribution in [0.4, 0.5) is 0 Å². The number of hydrogen-bond acceptors (Lipinski definition) is 3. The minimum atomic E-state index is -0.630. The highest BCUT2D eigenvalue weighted by molar-refractivity contribution is 7.80. The van der Waals surface area contributed by atoms with Crippen LogP contribution in [-0.2, 0) is 4.79 Å². The number of rotatable bonds is 4. The third-order valence-electron chi connectivity index (χ3n) is 5.33. The van der Waals surface area contributed by atoms with Gasteiger partial charge in [-0.3, -0.25) is 14.5 Å². The third-order valence-corrected chi connectivity index (χ3v) is 5.63. The maximum absolute atomic E-state index is 13.8. The number of hydrogen-bond donors (Lipinski definition) is 1. The molecule has 1 unspecified atom stereocenters. The molecule has 31 heavy (non-hydrogen) atoms. The van der Waals surface area contributed by atoms with E-state index in [-0.39, 0.29) is 16.8 Å². The number of nitrogens with zero attached hydrogens (tertiary/aromatic N) is 1. The average molecular weight is 427 g/mol. The van der Waals surface area contributed by atoms with E-state index in [2.05, 4.69) is 5.32 Å². The Morgan fingerprint density at radius 2 is 1.45 bits per heavy atom. The van der Waals surface area contributed by atoms with Gasteiger partial charge in [0.15, 0.2) is 10.9 Å². The summed E-state index contributed by atoms with van der Waals surface area (Å²) in [7, 11) is 0. The minimum Gasteiger partial charge on any atom is -0.331 e. The molecule has 0 spiro atoms. The van der Waals surface area contributed by atoms with Crippen LogP contribution in [0.25, 0.3) is 5.70 Å². The average Bonchev–Trinajstić information content (AvgIpc) is 2.79. The largest absolute Gasteiger partial charge is 0.331 e. The quantitative estimate of drug-likeness (QED) is 0.468. The third kappa shape index (κ3) is 4.05. The van der Waals surface area contributed by atoms with Crippen molar-refractivity contribution in [2.24, 2.45) is 0 Å². The van der Waals surface area contributed by atoms with Crippen LogP contribution in [0.2, 0.25) is 0 Å². The van der Waals surface area contributed by atoms with Gasteiger partial charge in [-0.05, 0) is 30.3 Å². The number of aryl methyl sites for hydroxylation is 1. The lowest BCUT2D eigenvalue weighted by Crippen LogP contribution is -2.50. The minimum absolute atomic E-state index is 0.147. The maximum atomic E-state index is 13.8. The highest BCUT2D eigenvalue weighted by Gasteiger charge is 2.39. The van der Waals surface area contributed by atoms with E-state index in [1.807, 2.05) is 79.7 Å². The van der Waals surface area contributed by atoms with Crippen LogP contribution in [0.5, 0.6) is 0 Å². The lowest BCUT2D eigenvalue weighted by molar-refractivity contribution is -0.126. The highest BCUT2D eigenvalue weighted by atomic mass is 32.1. The summed E-state index contributed by atoms with van der Waals surface area (Å²) in [6.07, 6.45) is 0. The van der Waals surface area contributed by atoms with Gasteiger partial charge in [0.2, 0.25) is 5.91 Å². The van der Waals surface area contributed by atoms with Crippen LogP contribution in [0, 0.1) is 6.92 Å². The topological polar surface area (TPSA) is 49.4 Å². The van der Waals surface area contributed by atoms with E-state index in [1.165, 1.54) is 11.8 Å². The van der Waals surface area contributed by atoms with Crippen LogP contribution >= 0.6 is 12.2 Å². The second-order valence-electron chi connectivity index (χ2n) is 7.48. The standard InChI is InChI=1S/C26H22N2O2S/c1-17-13-15-20(16-14-17)24-22(25(30)21-11-7-4-8-12-21)23(19-9-5-3-6-10-19)27-26(31)28(24)18(2)29/h3-16,24H,1-2H3,(H,27,31). The molecule has 0 aromatic heterocycles.